The molecule has 1 heterocycles. The molecule has 2 aromatic rings. The van der Waals surface area contributed by atoms with Crippen LogP contribution in [0.25, 0.3) is 0 Å². The van der Waals surface area contributed by atoms with Gasteiger partial charge in [0.05, 0.1) is 28.0 Å². The molecular weight excluding hydrogens is 315 g/mol. The van der Waals surface area contributed by atoms with Gasteiger partial charge in [-0.05, 0) is 53.5 Å². The molecule has 6 heteroatoms. The number of halogens is 2. The molecule has 0 aliphatic rings. The van der Waals surface area contributed by atoms with Crippen LogP contribution in [0.2, 0.25) is 0 Å². The minimum atomic E-state index is -1.14. The van der Waals surface area contributed by atoms with E-state index in [4.69, 9.17) is 5.11 Å². The summed E-state index contributed by atoms with van der Waals surface area (Å²) in [6.45, 7) is 4.08. The molecule has 4 nitrogen and oxygen atoms in total. The molecule has 0 bridgehead atoms. The zero-order valence-corrected chi connectivity index (χ0v) is 12.0. The minimum absolute atomic E-state index is 0.0596. The van der Waals surface area contributed by atoms with Gasteiger partial charge in [0, 0.05) is 0 Å². The number of hydrogen-bond acceptors (Lipinski definition) is 2. The Balaban J connectivity index is 2.38. The van der Waals surface area contributed by atoms with Crippen molar-refractivity contribution in [3.05, 3.63) is 51.0 Å². The lowest BCUT2D eigenvalue weighted by Gasteiger charge is -2.06. The van der Waals surface area contributed by atoms with E-state index in [9.17, 15) is 9.18 Å². The third-order valence-corrected chi connectivity index (χ3v) is 3.98. The highest BCUT2D eigenvalue weighted by molar-refractivity contribution is 9.10. The zero-order valence-electron chi connectivity index (χ0n) is 10.4. The van der Waals surface area contributed by atoms with E-state index in [1.165, 1.54) is 12.1 Å². The summed E-state index contributed by atoms with van der Waals surface area (Å²) in [5.41, 5.74) is 2.26. The predicted molar refractivity (Wildman–Crippen MR) is 71.9 cm³/mol. The number of aryl methyl sites for hydroxylation is 1. The van der Waals surface area contributed by atoms with Crippen molar-refractivity contribution in [3.8, 4) is 0 Å². The molecule has 0 fully saturated rings. The summed E-state index contributed by atoms with van der Waals surface area (Å²) in [5.74, 6) is -1.70. The second-order valence-electron chi connectivity index (χ2n) is 4.30. The molecule has 2 rings (SSSR count). The van der Waals surface area contributed by atoms with E-state index in [-0.39, 0.29) is 5.56 Å². The van der Waals surface area contributed by atoms with Crippen LogP contribution >= 0.6 is 15.9 Å². The van der Waals surface area contributed by atoms with Gasteiger partial charge >= 0.3 is 5.97 Å². The topological polar surface area (TPSA) is 55.1 Å². The van der Waals surface area contributed by atoms with Crippen LogP contribution in [0.15, 0.2) is 22.7 Å². The number of carbonyl (C=O) groups is 1. The second kappa shape index (κ2) is 5.13. The largest absolute Gasteiger partial charge is 0.478 e. The number of nitrogens with zero attached hydrogens (tertiary/aromatic N) is 2. The van der Waals surface area contributed by atoms with Gasteiger partial charge in [0.25, 0.3) is 0 Å². The van der Waals surface area contributed by atoms with E-state index < -0.39 is 11.8 Å². The van der Waals surface area contributed by atoms with Gasteiger partial charge in [0.1, 0.15) is 5.82 Å². The van der Waals surface area contributed by atoms with Gasteiger partial charge in [0.15, 0.2) is 0 Å². The number of aromatic carboxylic acids is 1. The number of benzene rings is 1. The molecule has 0 aliphatic heterocycles. The van der Waals surface area contributed by atoms with Crippen molar-refractivity contribution >= 4 is 21.9 Å². The van der Waals surface area contributed by atoms with Gasteiger partial charge in [-0.25, -0.2) is 9.18 Å². The Bertz CT molecular complexity index is 652. The van der Waals surface area contributed by atoms with Crippen molar-refractivity contribution in [2.75, 3.05) is 0 Å². The Morgan fingerprint density at radius 2 is 2.11 bits per heavy atom. The highest BCUT2D eigenvalue weighted by Crippen LogP contribution is 2.21. The standard InChI is InChI=1S/C13H12BrFN2O2/c1-7-12(14)8(2)17(16-7)6-9-3-10(13(18)19)5-11(15)4-9/h3-5H,6H2,1-2H3,(H,18,19). The van der Waals surface area contributed by atoms with Crippen LogP contribution in [0.4, 0.5) is 4.39 Å². The van der Waals surface area contributed by atoms with Crippen LogP contribution < -0.4 is 0 Å². The highest BCUT2D eigenvalue weighted by atomic mass is 79.9. The predicted octanol–water partition coefficient (Wildman–Crippen LogP) is 3.15. The van der Waals surface area contributed by atoms with Gasteiger partial charge in [-0.3, -0.25) is 4.68 Å². The van der Waals surface area contributed by atoms with E-state index in [1.807, 2.05) is 13.8 Å². The fraction of sp³-hybridized carbons (Fsp3) is 0.231. The van der Waals surface area contributed by atoms with Gasteiger partial charge in [-0.2, -0.15) is 5.10 Å². The van der Waals surface area contributed by atoms with Crippen LogP contribution in [-0.2, 0) is 6.54 Å². The maximum atomic E-state index is 13.4. The summed E-state index contributed by atoms with van der Waals surface area (Å²) >= 11 is 3.41. The maximum Gasteiger partial charge on any atom is 0.335 e. The molecule has 0 atom stereocenters. The quantitative estimate of drug-likeness (QED) is 0.942. The maximum absolute atomic E-state index is 13.4. The van der Waals surface area contributed by atoms with E-state index in [0.29, 0.717) is 12.1 Å². The summed E-state index contributed by atoms with van der Waals surface area (Å²) in [5, 5.41) is 13.2. The molecule has 0 saturated heterocycles. The third kappa shape index (κ3) is 2.84. The molecule has 0 amide bonds. The molecule has 1 N–H and O–H groups in total. The zero-order chi connectivity index (χ0) is 14.2. The number of carboxylic acid groups (broad SMARTS) is 1. The van der Waals surface area contributed by atoms with Gasteiger partial charge in [-0.1, -0.05) is 0 Å². The van der Waals surface area contributed by atoms with E-state index in [1.54, 1.807) is 4.68 Å². The molecule has 19 heavy (non-hydrogen) atoms. The SMILES string of the molecule is Cc1nn(Cc2cc(F)cc(C(=O)O)c2)c(C)c1Br. The highest BCUT2D eigenvalue weighted by Gasteiger charge is 2.11. The second-order valence-corrected chi connectivity index (χ2v) is 5.09. The van der Waals surface area contributed by atoms with Crippen molar-refractivity contribution in [1.82, 2.24) is 9.78 Å². The molecule has 0 aliphatic carbocycles. The first-order chi connectivity index (χ1) is 8.88. The summed E-state index contributed by atoms with van der Waals surface area (Å²) < 4.78 is 16.0. The van der Waals surface area contributed by atoms with Crippen LogP contribution in [0.1, 0.15) is 27.3 Å². The lowest BCUT2D eigenvalue weighted by molar-refractivity contribution is 0.0696. The van der Waals surface area contributed by atoms with E-state index in [2.05, 4.69) is 21.0 Å². The van der Waals surface area contributed by atoms with Crippen molar-refractivity contribution in [2.45, 2.75) is 20.4 Å². The van der Waals surface area contributed by atoms with Crippen LogP contribution in [0, 0.1) is 19.7 Å². The van der Waals surface area contributed by atoms with Crippen molar-refractivity contribution in [1.29, 1.82) is 0 Å². The molecule has 1 aromatic heterocycles. The van der Waals surface area contributed by atoms with Crippen molar-refractivity contribution < 1.29 is 14.3 Å². The molecular formula is C13H12BrFN2O2. The fourth-order valence-corrected chi connectivity index (χ4v) is 2.15. The Hall–Kier alpha value is -1.69. The average molecular weight is 327 g/mol. The number of hydrogen-bond donors (Lipinski definition) is 1. The van der Waals surface area contributed by atoms with Crippen LogP contribution in [-0.4, -0.2) is 20.9 Å². The first kappa shape index (κ1) is 13.7. The van der Waals surface area contributed by atoms with Crippen LogP contribution in [0.3, 0.4) is 0 Å². The third-order valence-electron chi connectivity index (χ3n) is 2.83. The average Bonchev–Trinajstić information content (AvgIpc) is 2.56. The molecule has 0 spiro atoms. The molecule has 1 aromatic carbocycles. The Kier molecular flexibility index (Phi) is 3.71. The molecule has 0 radical (unpaired) electrons. The molecule has 0 unspecified atom stereocenters. The summed E-state index contributed by atoms with van der Waals surface area (Å²) in [6.07, 6.45) is 0. The van der Waals surface area contributed by atoms with Gasteiger partial charge < -0.3 is 5.11 Å². The van der Waals surface area contributed by atoms with Crippen LogP contribution in [0.5, 0.6) is 0 Å². The first-order valence-electron chi connectivity index (χ1n) is 5.60. The molecule has 100 valence electrons. The number of aromatic nitrogens is 2. The number of carboxylic acids is 1. The monoisotopic (exact) mass is 326 g/mol. The van der Waals surface area contributed by atoms with Gasteiger partial charge in [-0.15, -0.1) is 0 Å². The Labute approximate surface area is 118 Å². The van der Waals surface area contributed by atoms with Gasteiger partial charge in [0.2, 0.25) is 0 Å². The fourth-order valence-electron chi connectivity index (χ4n) is 1.87. The Morgan fingerprint density at radius 3 is 2.63 bits per heavy atom. The minimum Gasteiger partial charge on any atom is -0.478 e. The summed E-state index contributed by atoms with van der Waals surface area (Å²) in [4.78, 5) is 10.9. The van der Waals surface area contributed by atoms with E-state index >= 15 is 0 Å². The lowest BCUT2D eigenvalue weighted by atomic mass is 10.1. The lowest BCUT2D eigenvalue weighted by Crippen LogP contribution is -2.06. The summed E-state index contributed by atoms with van der Waals surface area (Å²) in [6, 6.07) is 3.77. The number of rotatable bonds is 3. The summed E-state index contributed by atoms with van der Waals surface area (Å²) in [7, 11) is 0. The first-order valence-corrected chi connectivity index (χ1v) is 6.40. The smallest absolute Gasteiger partial charge is 0.335 e. The van der Waals surface area contributed by atoms with E-state index in [0.717, 1.165) is 21.9 Å². The van der Waals surface area contributed by atoms with Crippen molar-refractivity contribution in [3.63, 3.8) is 0 Å². The Morgan fingerprint density at radius 1 is 1.42 bits per heavy atom. The normalized spacial score (nSPS) is 10.7. The van der Waals surface area contributed by atoms with Crippen molar-refractivity contribution in [2.24, 2.45) is 0 Å². The molecule has 0 saturated carbocycles.